The predicted molar refractivity (Wildman–Crippen MR) is 102 cm³/mol. The maximum Gasteiger partial charge on any atom is 0.230 e. The second-order valence-electron chi connectivity index (χ2n) is 5.75. The molecule has 1 heterocycles. The molecule has 0 atom stereocenters. The van der Waals surface area contributed by atoms with Crippen LogP contribution in [0.2, 0.25) is 0 Å². The van der Waals surface area contributed by atoms with Crippen molar-refractivity contribution in [1.29, 1.82) is 0 Å². The van der Waals surface area contributed by atoms with Crippen molar-refractivity contribution in [3.63, 3.8) is 0 Å². The molecule has 0 radical (unpaired) electrons. The van der Waals surface area contributed by atoms with Gasteiger partial charge in [-0.1, -0.05) is 30.0 Å². The molecule has 0 saturated carbocycles. The van der Waals surface area contributed by atoms with Crippen LogP contribution in [0.5, 0.6) is 5.75 Å². The van der Waals surface area contributed by atoms with Gasteiger partial charge in [-0.05, 0) is 30.3 Å². The number of nitrogens with zero attached hydrogens (tertiary/aromatic N) is 3. The molecule has 1 N–H and O–H groups in total. The van der Waals surface area contributed by atoms with Crippen molar-refractivity contribution >= 4 is 17.7 Å². The lowest BCUT2D eigenvalue weighted by Crippen LogP contribution is -2.25. The van der Waals surface area contributed by atoms with Gasteiger partial charge < -0.3 is 14.6 Å². The van der Waals surface area contributed by atoms with E-state index in [1.807, 2.05) is 35.9 Å². The van der Waals surface area contributed by atoms with Crippen LogP contribution in [0.15, 0.2) is 53.7 Å². The van der Waals surface area contributed by atoms with Crippen LogP contribution in [0.25, 0.3) is 11.4 Å². The lowest BCUT2D eigenvalue weighted by molar-refractivity contribution is -0.118. The average molecular weight is 386 g/mol. The van der Waals surface area contributed by atoms with E-state index >= 15 is 0 Å². The largest absolute Gasteiger partial charge is 0.497 e. The van der Waals surface area contributed by atoms with E-state index in [0.717, 1.165) is 11.3 Å². The van der Waals surface area contributed by atoms with E-state index in [1.54, 1.807) is 25.3 Å². The number of aromatic nitrogens is 3. The molecule has 6 nitrogen and oxygen atoms in total. The summed E-state index contributed by atoms with van der Waals surface area (Å²) in [6.45, 7) is 0.155. The van der Waals surface area contributed by atoms with Crippen molar-refractivity contribution in [1.82, 2.24) is 20.1 Å². The minimum absolute atomic E-state index is 0.155. The van der Waals surface area contributed by atoms with Gasteiger partial charge in [-0.2, -0.15) is 0 Å². The third-order valence-electron chi connectivity index (χ3n) is 3.95. The second kappa shape index (κ2) is 8.68. The van der Waals surface area contributed by atoms with Crippen LogP contribution >= 0.6 is 11.8 Å². The van der Waals surface area contributed by atoms with E-state index in [-0.39, 0.29) is 24.0 Å². The minimum Gasteiger partial charge on any atom is -0.497 e. The average Bonchev–Trinajstić information content (AvgIpc) is 3.06. The summed E-state index contributed by atoms with van der Waals surface area (Å²) < 4.78 is 20.6. The number of rotatable bonds is 7. The van der Waals surface area contributed by atoms with Crippen molar-refractivity contribution in [2.45, 2.75) is 11.7 Å². The summed E-state index contributed by atoms with van der Waals surface area (Å²) in [6.07, 6.45) is 0. The van der Waals surface area contributed by atoms with Crippen LogP contribution in [0.4, 0.5) is 4.39 Å². The number of hydrogen-bond acceptors (Lipinski definition) is 5. The summed E-state index contributed by atoms with van der Waals surface area (Å²) in [5.74, 6) is 1.11. The lowest BCUT2D eigenvalue weighted by Gasteiger charge is -2.07. The smallest absolute Gasteiger partial charge is 0.230 e. The molecule has 0 aliphatic heterocycles. The Morgan fingerprint density at radius 3 is 2.63 bits per heavy atom. The number of carbonyl (C=O) groups is 1. The molecule has 27 heavy (non-hydrogen) atoms. The van der Waals surface area contributed by atoms with Crippen LogP contribution in [-0.4, -0.2) is 33.5 Å². The highest BCUT2D eigenvalue weighted by Crippen LogP contribution is 2.24. The fourth-order valence-electron chi connectivity index (χ4n) is 2.45. The van der Waals surface area contributed by atoms with Gasteiger partial charge in [-0.15, -0.1) is 10.2 Å². The maximum absolute atomic E-state index is 13.6. The monoisotopic (exact) mass is 386 g/mol. The zero-order valence-corrected chi connectivity index (χ0v) is 15.8. The van der Waals surface area contributed by atoms with Crippen LogP contribution in [0.1, 0.15) is 5.56 Å². The number of thioether (sulfide) groups is 1. The number of hydrogen-bond donors (Lipinski definition) is 1. The molecule has 0 aliphatic carbocycles. The number of methoxy groups -OCH3 is 1. The molecular weight excluding hydrogens is 367 g/mol. The van der Waals surface area contributed by atoms with Gasteiger partial charge in [0.2, 0.25) is 5.91 Å². The Morgan fingerprint density at radius 2 is 1.93 bits per heavy atom. The Labute approximate surface area is 160 Å². The first-order chi connectivity index (χ1) is 13.1. The summed E-state index contributed by atoms with van der Waals surface area (Å²) in [6, 6.07) is 13.9. The summed E-state index contributed by atoms with van der Waals surface area (Å²) in [4.78, 5) is 12.0. The van der Waals surface area contributed by atoms with Gasteiger partial charge in [0.25, 0.3) is 0 Å². The summed E-state index contributed by atoms with van der Waals surface area (Å²) in [5.41, 5.74) is 1.36. The molecule has 8 heteroatoms. The van der Waals surface area contributed by atoms with E-state index < -0.39 is 0 Å². The van der Waals surface area contributed by atoms with Crippen molar-refractivity contribution in [2.75, 3.05) is 12.9 Å². The van der Waals surface area contributed by atoms with Gasteiger partial charge in [-0.3, -0.25) is 4.79 Å². The maximum atomic E-state index is 13.6. The number of nitrogens with one attached hydrogen (secondary N) is 1. The zero-order chi connectivity index (χ0) is 19.2. The Bertz CT molecular complexity index is 928. The quantitative estimate of drug-likeness (QED) is 0.632. The number of benzene rings is 2. The number of carbonyl (C=O) groups excluding carboxylic acids is 1. The highest BCUT2D eigenvalue weighted by Gasteiger charge is 2.13. The Morgan fingerprint density at radius 1 is 1.19 bits per heavy atom. The van der Waals surface area contributed by atoms with Crippen molar-refractivity contribution in [2.24, 2.45) is 7.05 Å². The van der Waals surface area contributed by atoms with Crippen molar-refractivity contribution in [3.05, 3.63) is 59.9 Å². The summed E-state index contributed by atoms with van der Waals surface area (Å²) >= 11 is 1.28. The summed E-state index contributed by atoms with van der Waals surface area (Å²) in [7, 11) is 3.46. The van der Waals surface area contributed by atoms with E-state index in [0.29, 0.717) is 16.5 Å². The van der Waals surface area contributed by atoms with E-state index in [4.69, 9.17) is 4.74 Å². The van der Waals surface area contributed by atoms with Gasteiger partial charge in [0.05, 0.1) is 12.9 Å². The fourth-order valence-corrected chi connectivity index (χ4v) is 3.19. The SMILES string of the molecule is COc1ccc(-c2nnc(SCC(=O)NCc3ccccc3F)n2C)cc1. The number of amides is 1. The Kier molecular flexibility index (Phi) is 6.08. The highest BCUT2D eigenvalue weighted by molar-refractivity contribution is 7.99. The van der Waals surface area contributed by atoms with Gasteiger partial charge in [0, 0.05) is 24.7 Å². The van der Waals surface area contributed by atoms with Crippen LogP contribution in [0, 0.1) is 5.82 Å². The number of halogens is 1. The third kappa shape index (κ3) is 4.65. The summed E-state index contributed by atoms with van der Waals surface area (Å²) in [5, 5.41) is 11.7. The van der Waals surface area contributed by atoms with Gasteiger partial charge in [0.1, 0.15) is 11.6 Å². The molecule has 2 aromatic carbocycles. The third-order valence-corrected chi connectivity index (χ3v) is 4.97. The van der Waals surface area contributed by atoms with Crippen LogP contribution in [-0.2, 0) is 18.4 Å². The van der Waals surface area contributed by atoms with Crippen molar-refractivity contribution < 1.29 is 13.9 Å². The van der Waals surface area contributed by atoms with Gasteiger partial charge in [0.15, 0.2) is 11.0 Å². The Balaban J connectivity index is 1.57. The molecule has 0 fully saturated rings. The zero-order valence-electron chi connectivity index (χ0n) is 15.0. The minimum atomic E-state index is -0.331. The first-order valence-electron chi connectivity index (χ1n) is 8.25. The normalized spacial score (nSPS) is 10.6. The molecule has 0 aliphatic rings. The highest BCUT2D eigenvalue weighted by atomic mass is 32.2. The van der Waals surface area contributed by atoms with E-state index in [2.05, 4.69) is 15.5 Å². The molecular formula is C19H19FN4O2S. The molecule has 0 spiro atoms. The molecule has 3 aromatic rings. The second-order valence-corrected chi connectivity index (χ2v) is 6.69. The molecule has 3 rings (SSSR count). The predicted octanol–water partition coefficient (Wildman–Crippen LogP) is 3.04. The lowest BCUT2D eigenvalue weighted by atomic mass is 10.2. The Hall–Kier alpha value is -2.87. The fraction of sp³-hybridized carbons (Fsp3) is 0.211. The van der Waals surface area contributed by atoms with Crippen LogP contribution in [0.3, 0.4) is 0 Å². The number of ether oxygens (including phenoxy) is 1. The topological polar surface area (TPSA) is 69.0 Å². The molecule has 140 valence electrons. The van der Waals surface area contributed by atoms with Gasteiger partial charge >= 0.3 is 0 Å². The standard InChI is InChI=1S/C19H19FN4O2S/c1-24-18(13-7-9-15(26-2)10-8-13)22-23-19(24)27-12-17(25)21-11-14-5-3-4-6-16(14)20/h3-10H,11-12H2,1-2H3,(H,21,25). The first-order valence-corrected chi connectivity index (χ1v) is 9.23. The molecule has 0 bridgehead atoms. The first kappa shape index (κ1) is 18.9. The van der Waals surface area contributed by atoms with E-state index in [1.165, 1.54) is 17.8 Å². The molecule has 1 amide bonds. The van der Waals surface area contributed by atoms with Gasteiger partial charge in [-0.25, -0.2) is 4.39 Å². The van der Waals surface area contributed by atoms with Crippen LogP contribution < -0.4 is 10.1 Å². The van der Waals surface area contributed by atoms with Crippen molar-refractivity contribution in [3.8, 4) is 17.1 Å². The molecule has 0 unspecified atom stereocenters. The van der Waals surface area contributed by atoms with E-state index in [9.17, 15) is 9.18 Å². The molecule has 1 aromatic heterocycles. The molecule has 0 saturated heterocycles.